The molecule has 2 saturated heterocycles. The van der Waals surface area contributed by atoms with E-state index in [2.05, 4.69) is 49.4 Å². The SMILES string of the molecule is CCc1nn(CC)c(CN2CCN3C(=O)CCC3C2)c1Br. The number of halogens is 1. The zero-order valence-electron chi connectivity index (χ0n) is 12.8. The third-order valence-corrected chi connectivity index (χ3v) is 5.56. The van der Waals surface area contributed by atoms with Gasteiger partial charge in [0.15, 0.2) is 0 Å². The minimum Gasteiger partial charge on any atom is -0.337 e. The van der Waals surface area contributed by atoms with Gasteiger partial charge in [0.05, 0.1) is 15.9 Å². The summed E-state index contributed by atoms with van der Waals surface area (Å²) in [6.07, 6.45) is 2.70. The van der Waals surface area contributed by atoms with E-state index in [4.69, 9.17) is 0 Å². The van der Waals surface area contributed by atoms with Gasteiger partial charge in [-0.3, -0.25) is 14.4 Å². The molecule has 1 aromatic rings. The van der Waals surface area contributed by atoms with Crippen LogP contribution in [-0.2, 0) is 24.3 Å². The first-order valence-electron chi connectivity index (χ1n) is 7.89. The van der Waals surface area contributed by atoms with Crippen LogP contribution < -0.4 is 0 Å². The summed E-state index contributed by atoms with van der Waals surface area (Å²) in [5.41, 5.74) is 2.41. The van der Waals surface area contributed by atoms with Gasteiger partial charge in [-0.2, -0.15) is 5.10 Å². The first kappa shape index (κ1) is 15.0. The Morgan fingerprint density at radius 1 is 1.33 bits per heavy atom. The molecule has 3 heterocycles. The van der Waals surface area contributed by atoms with Crippen LogP contribution in [0.3, 0.4) is 0 Å². The standard InChI is InChI=1S/C15H23BrN4O/c1-3-12-15(16)13(20(4-2)17-12)10-18-7-8-19-11(9-18)5-6-14(19)21/h11H,3-10H2,1-2H3. The number of aromatic nitrogens is 2. The molecule has 3 rings (SSSR count). The second-order valence-corrected chi connectivity index (χ2v) is 6.68. The van der Waals surface area contributed by atoms with Crippen LogP contribution in [0.25, 0.3) is 0 Å². The van der Waals surface area contributed by atoms with Crippen molar-refractivity contribution in [3.05, 3.63) is 15.9 Å². The molecule has 0 saturated carbocycles. The molecular weight excluding hydrogens is 332 g/mol. The lowest BCUT2D eigenvalue weighted by molar-refractivity contribution is -0.130. The summed E-state index contributed by atoms with van der Waals surface area (Å²) < 4.78 is 3.27. The molecule has 116 valence electrons. The predicted molar refractivity (Wildman–Crippen MR) is 85.0 cm³/mol. The Balaban J connectivity index is 1.73. The minimum atomic E-state index is 0.340. The number of fused-ring (bicyclic) bond motifs is 1. The topological polar surface area (TPSA) is 41.4 Å². The Morgan fingerprint density at radius 3 is 2.86 bits per heavy atom. The van der Waals surface area contributed by atoms with Gasteiger partial charge in [0.1, 0.15) is 0 Å². The Labute approximate surface area is 134 Å². The maximum absolute atomic E-state index is 11.8. The highest BCUT2D eigenvalue weighted by Crippen LogP contribution is 2.27. The van der Waals surface area contributed by atoms with E-state index in [1.807, 2.05) is 0 Å². The average molecular weight is 355 g/mol. The molecule has 0 bridgehead atoms. The van der Waals surface area contributed by atoms with Gasteiger partial charge in [0, 0.05) is 45.2 Å². The number of nitrogens with zero attached hydrogens (tertiary/aromatic N) is 4. The summed E-state index contributed by atoms with van der Waals surface area (Å²) in [4.78, 5) is 16.3. The Bertz CT molecular complexity index is 542. The normalized spacial score (nSPS) is 22.9. The van der Waals surface area contributed by atoms with Crippen molar-refractivity contribution in [2.75, 3.05) is 19.6 Å². The summed E-state index contributed by atoms with van der Waals surface area (Å²) in [5, 5.41) is 4.67. The van der Waals surface area contributed by atoms with Gasteiger partial charge in [0.25, 0.3) is 0 Å². The molecule has 2 aliphatic heterocycles. The van der Waals surface area contributed by atoms with Crippen LogP contribution in [0.1, 0.15) is 38.1 Å². The van der Waals surface area contributed by atoms with Crippen LogP contribution in [0.5, 0.6) is 0 Å². The average Bonchev–Trinajstić information content (AvgIpc) is 3.01. The van der Waals surface area contributed by atoms with E-state index in [1.54, 1.807) is 0 Å². The lowest BCUT2D eigenvalue weighted by atomic mass is 10.1. The molecule has 2 aliphatic rings. The van der Waals surface area contributed by atoms with E-state index >= 15 is 0 Å². The fourth-order valence-corrected chi connectivity index (χ4v) is 4.14. The van der Waals surface area contributed by atoms with Gasteiger partial charge in [-0.05, 0) is 35.7 Å². The van der Waals surface area contributed by atoms with Crippen LogP contribution in [0.15, 0.2) is 4.47 Å². The van der Waals surface area contributed by atoms with Crippen LogP contribution in [-0.4, -0.2) is 51.2 Å². The number of amides is 1. The highest BCUT2D eigenvalue weighted by Gasteiger charge is 2.35. The highest BCUT2D eigenvalue weighted by molar-refractivity contribution is 9.10. The van der Waals surface area contributed by atoms with Gasteiger partial charge in [-0.1, -0.05) is 6.92 Å². The lowest BCUT2D eigenvalue weighted by Crippen LogP contribution is -2.51. The van der Waals surface area contributed by atoms with Crippen molar-refractivity contribution < 1.29 is 4.79 Å². The highest BCUT2D eigenvalue weighted by atomic mass is 79.9. The Hall–Kier alpha value is -0.880. The quantitative estimate of drug-likeness (QED) is 0.830. The van der Waals surface area contributed by atoms with E-state index < -0.39 is 0 Å². The zero-order valence-corrected chi connectivity index (χ0v) is 14.4. The van der Waals surface area contributed by atoms with Crippen molar-refractivity contribution in [2.45, 2.75) is 52.2 Å². The predicted octanol–water partition coefficient (Wildman–Crippen LogP) is 2.03. The molecule has 0 spiro atoms. The zero-order chi connectivity index (χ0) is 15.0. The monoisotopic (exact) mass is 354 g/mol. The van der Waals surface area contributed by atoms with Crippen molar-refractivity contribution in [1.29, 1.82) is 0 Å². The largest absolute Gasteiger partial charge is 0.337 e. The van der Waals surface area contributed by atoms with Crippen molar-refractivity contribution in [2.24, 2.45) is 0 Å². The van der Waals surface area contributed by atoms with Crippen LogP contribution in [0.4, 0.5) is 0 Å². The molecule has 5 nitrogen and oxygen atoms in total. The molecule has 0 aliphatic carbocycles. The Kier molecular flexibility index (Phi) is 4.36. The van der Waals surface area contributed by atoms with E-state index in [-0.39, 0.29) is 0 Å². The molecule has 0 N–H and O–H groups in total. The number of carbonyl (C=O) groups excluding carboxylic acids is 1. The van der Waals surface area contributed by atoms with Gasteiger partial charge < -0.3 is 4.90 Å². The molecule has 1 aromatic heterocycles. The number of piperazine rings is 1. The van der Waals surface area contributed by atoms with E-state index in [9.17, 15) is 4.79 Å². The number of aryl methyl sites for hydroxylation is 2. The second-order valence-electron chi connectivity index (χ2n) is 5.89. The van der Waals surface area contributed by atoms with Gasteiger partial charge in [-0.25, -0.2) is 0 Å². The number of hydrogen-bond donors (Lipinski definition) is 0. The van der Waals surface area contributed by atoms with Crippen molar-refractivity contribution in [3.63, 3.8) is 0 Å². The Morgan fingerprint density at radius 2 is 2.14 bits per heavy atom. The minimum absolute atomic E-state index is 0.340. The van der Waals surface area contributed by atoms with Gasteiger partial charge >= 0.3 is 0 Å². The third-order valence-electron chi connectivity index (χ3n) is 4.65. The maximum atomic E-state index is 11.8. The van der Waals surface area contributed by atoms with Crippen LogP contribution >= 0.6 is 15.9 Å². The molecule has 1 atom stereocenters. The molecule has 0 radical (unpaired) electrons. The number of rotatable bonds is 4. The summed E-state index contributed by atoms with van der Waals surface area (Å²) in [5.74, 6) is 0.340. The van der Waals surface area contributed by atoms with Gasteiger partial charge in [0.2, 0.25) is 5.91 Å². The molecule has 2 fully saturated rings. The van der Waals surface area contributed by atoms with E-state index in [0.717, 1.165) is 62.2 Å². The van der Waals surface area contributed by atoms with Gasteiger partial charge in [-0.15, -0.1) is 0 Å². The van der Waals surface area contributed by atoms with Crippen molar-refractivity contribution in [1.82, 2.24) is 19.6 Å². The first-order valence-corrected chi connectivity index (χ1v) is 8.69. The van der Waals surface area contributed by atoms with E-state index in [0.29, 0.717) is 11.9 Å². The molecular formula is C15H23BrN4O. The summed E-state index contributed by atoms with van der Waals surface area (Å²) >= 11 is 3.72. The molecule has 21 heavy (non-hydrogen) atoms. The number of carbonyl (C=O) groups is 1. The molecule has 1 unspecified atom stereocenters. The first-order chi connectivity index (χ1) is 10.1. The summed E-state index contributed by atoms with van der Waals surface area (Å²) in [6.45, 7) is 8.92. The fourth-order valence-electron chi connectivity index (χ4n) is 3.45. The number of hydrogen-bond acceptors (Lipinski definition) is 3. The molecule has 0 aromatic carbocycles. The maximum Gasteiger partial charge on any atom is 0.222 e. The fraction of sp³-hybridized carbons (Fsp3) is 0.733. The van der Waals surface area contributed by atoms with Crippen molar-refractivity contribution in [3.8, 4) is 0 Å². The smallest absolute Gasteiger partial charge is 0.222 e. The summed E-state index contributed by atoms with van der Waals surface area (Å²) in [7, 11) is 0. The third kappa shape index (κ3) is 2.75. The molecule has 6 heteroatoms. The van der Waals surface area contributed by atoms with Crippen molar-refractivity contribution >= 4 is 21.8 Å². The van der Waals surface area contributed by atoms with E-state index in [1.165, 1.54) is 5.69 Å². The van der Waals surface area contributed by atoms with Crippen LogP contribution in [0.2, 0.25) is 0 Å². The second kappa shape index (κ2) is 6.08. The summed E-state index contributed by atoms with van der Waals surface area (Å²) in [6, 6.07) is 0.425. The lowest BCUT2D eigenvalue weighted by Gasteiger charge is -2.37. The molecule has 1 amide bonds. The van der Waals surface area contributed by atoms with Crippen LogP contribution in [0, 0.1) is 0 Å².